The summed E-state index contributed by atoms with van der Waals surface area (Å²) >= 11 is 0. The molecule has 5 heteroatoms. The molecule has 2 rings (SSSR count). The van der Waals surface area contributed by atoms with Gasteiger partial charge in [-0.25, -0.2) is 4.39 Å². The zero-order valence-electron chi connectivity index (χ0n) is 17.7. The van der Waals surface area contributed by atoms with Gasteiger partial charge in [0.1, 0.15) is 11.9 Å². The summed E-state index contributed by atoms with van der Waals surface area (Å²) in [7, 11) is 0. The lowest BCUT2D eigenvalue weighted by molar-refractivity contribution is -0.144. The summed E-state index contributed by atoms with van der Waals surface area (Å²) in [5, 5.41) is 2.99. The van der Waals surface area contributed by atoms with Crippen molar-refractivity contribution in [1.29, 1.82) is 0 Å². The van der Waals surface area contributed by atoms with E-state index < -0.39 is 6.04 Å². The zero-order chi connectivity index (χ0) is 21.4. The van der Waals surface area contributed by atoms with Crippen LogP contribution in [0.5, 0.6) is 0 Å². The van der Waals surface area contributed by atoms with Crippen molar-refractivity contribution in [2.45, 2.75) is 46.7 Å². The standard InChI is InChI=1S/C24H31FN2O2/c1-17(2)14-15-26-23(28)22(20-8-6-5-7-9-20)27(24(29)18(3)4)16-19-10-12-21(25)13-11-19/h5-13,17-18,22H,14-16H2,1-4H3,(H,26,28)/t22-/m1/s1. The molecule has 1 N–H and O–H groups in total. The summed E-state index contributed by atoms with van der Waals surface area (Å²) < 4.78 is 13.3. The maximum absolute atomic E-state index is 13.3. The van der Waals surface area contributed by atoms with Gasteiger partial charge in [-0.15, -0.1) is 0 Å². The van der Waals surface area contributed by atoms with Crippen LogP contribution in [0.3, 0.4) is 0 Å². The Morgan fingerprint density at radius 2 is 1.59 bits per heavy atom. The van der Waals surface area contributed by atoms with Crippen molar-refractivity contribution in [1.82, 2.24) is 10.2 Å². The number of benzene rings is 2. The van der Waals surface area contributed by atoms with Gasteiger partial charge in [0.05, 0.1) is 0 Å². The summed E-state index contributed by atoms with van der Waals surface area (Å²) in [6, 6.07) is 14.6. The van der Waals surface area contributed by atoms with Crippen molar-refractivity contribution < 1.29 is 14.0 Å². The van der Waals surface area contributed by atoms with E-state index in [1.165, 1.54) is 12.1 Å². The molecule has 0 saturated heterocycles. The Bertz CT molecular complexity index is 788. The third-order valence-corrected chi connectivity index (χ3v) is 4.74. The number of carbonyl (C=O) groups excluding carboxylic acids is 2. The molecule has 0 fully saturated rings. The van der Waals surface area contributed by atoms with Crippen molar-refractivity contribution in [3.05, 3.63) is 71.5 Å². The molecular weight excluding hydrogens is 367 g/mol. The fourth-order valence-corrected chi connectivity index (χ4v) is 3.10. The van der Waals surface area contributed by atoms with Crippen LogP contribution in [0.25, 0.3) is 0 Å². The van der Waals surface area contributed by atoms with Crippen LogP contribution >= 0.6 is 0 Å². The first-order chi connectivity index (χ1) is 13.8. The molecular formula is C24H31FN2O2. The average molecular weight is 399 g/mol. The van der Waals surface area contributed by atoms with Gasteiger partial charge >= 0.3 is 0 Å². The predicted octanol–water partition coefficient (Wildman–Crippen LogP) is 4.71. The summed E-state index contributed by atoms with van der Waals surface area (Å²) in [5.74, 6) is -0.458. The Morgan fingerprint density at radius 1 is 0.966 bits per heavy atom. The second-order valence-electron chi connectivity index (χ2n) is 8.03. The lowest BCUT2D eigenvalue weighted by Crippen LogP contribution is -2.45. The van der Waals surface area contributed by atoms with Crippen molar-refractivity contribution in [2.75, 3.05) is 6.54 Å². The quantitative estimate of drug-likeness (QED) is 0.665. The Labute approximate surface area is 173 Å². The van der Waals surface area contributed by atoms with Crippen LogP contribution in [0.4, 0.5) is 4.39 Å². The summed E-state index contributed by atoms with van der Waals surface area (Å²) in [6.07, 6.45) is 0.864. The minimum atomic E-state index is -0.747. The Kier molecular flexibility index (Phi) is 8.37. The zero-order valence-corrected chi connectivity index (χ0v) is 17.7. The van der Waals surface area contributed by atoms with Crippen molar-refractivity contribution >= 4 is 11.8 Å². The molecule has 156 valence electrons. The molecule has 2 aromatic carbocycles. The third-order valence-electron chi connectivity index (χ3n) is 4.74. The van der Waals surface area contributed by atoms with Gasteiger partial charge in [-0.3, -0.25) is 9.59 Å². The minimum Gasteiger partial charge on any atom is -0.354 e. The highest BCUT2D eigenvalue weighted by Gasteiger charge is 2.32. The van der Waals surface area contributed by atoms with Gasteiger partial charge < -0.3 is 10.2 Å². The van der Waals surface area contributed by atoms with E-state index >= 15 is 0 Å². The van der Waals surface area contributed by atoms with E-state index in [2.05, 4.69) is 19.2 Å². The van der Waals surface area contributed by atoms with Gasteiger partial charge in [-0.2, -0.15) is 0 Å². The Balaban J connectivity index is 2.38. The first-order valence-electron chi connectivity index (χ1n) is 10.2. The molecule has 1 atom stereocenters. The van der Waals surface area contributed by atoms with Gasteiger partial charge in [0.2, 0.25) is 11.8 Å². The second kappa shape index (κ2) is 10.7. The minimum absolute atomic E-state index is 0.123. The number of halogens is 1. The Hall–Kier alpha value is -2.69. The fraction of sp³-hybridized carbons (Fsp3) is 0.417. The second-order valence-corrected chi connectivity index (χ2v) is 8.03. The van der Waals surface area contributed by atoms with Crippen molar-refractivity contribution in [3.8, 4) is 0 Å². The molecule has 2 aromatic rings. The number of rotatable bonds is 9. The molecule has 0 spiro atoms. The maximum atomic E-state index is 13.3. The van der Waals surface area contributed by atoms with E-state index in [9.17, 15) is 14.0 Å². The SMILES string of the molecule is CC(C)CCNC(=O)[C@@H](c1ccccc1)N(Cc1ccc(F)cc1)C(=O)C(C)C. The monoisotopic (exact) mass is 398 g/mol. The molecule has 0 aliphatic heterocycles. The fourth-order valence-electron chi connectivity index (χ4n) is 3.10. The number of amides is 2. The molecule has 0 aromatic heterocycles. The smallest absolute Gasteiger partial charge is 0.247 e. The summed E-state index contributed by atoms with van der Waals surface area (Å²) in [4.78, 5) is 27.9. The van der Waals surface area contributed by atoms with E-state index in [1.807, 2.05) is 44.2 Å². The van der Waals surface area contributed by atoms with Gasteiger partial charge in [0.15, 0.2) is 0 Å². The van der Waals surface area contributed by atoms with Crippen LogP contribution in [0.15, 0.2) is 54.6 Å². The topological polar surface area (TPSA) is 49.4 Å². The number of nitrogens with zero attached hydrogens (tertiary/aromatic N) is 1. The molecule has 0 heterocycles. The van der Waals surface area contributed by atoms with Crippen molar-refractivity contribution in [3.63, 3.8) is 0 Å². The largest absolute Gasteiger partial charge is 0.354 e. The Morgan fingerprint density at radius 3 is 2.14 bits per heavy atom. The molecule has 0 saturated carbocycles. The molecule has 0 radical (unpaired) electrons. The van der Waals surface area contributed by atoms with Crippen LogP contribution in [-0.2, 0) is 16.1 Å². The summed E-state index contributed by atoms with van der Waals surface area (Å²) in [6.45, 7) is 8.62. The van der Waals surface area contributed by atoms with Crippen LogP contribution < -0.4 is 5.32 Å². The van der Waals surface area contributed by atoms with Gasteiger partial charge in [-0.1, -0.05) is 70.2 Å². The molecule has 0 aliphatic carbocycles. The molecule has 0 aliphatic rings. The van der Waals surface area contributed by atoms with E-state index in [4.69, 9.17) is 0 Å². The van der Waals surface area contributed by atoms with Gasteiger partial charge in [0.25, 0.3) is 0 Å². The first-order valence-corrected chi connectivity index (χ1v) is 10.2. The lowest BCUT2D eigenvalue weighted by Gasteiger charge is -2.33. The van der Waals surface area contributed by atoms with Crippen LogP contribution in [0.2, 0.25) is 0 Å². The van der Waals surface area contributed by atoms with Gasteiger partial charge in [0, 0.05) is 19.0 Å². The average Bonchev–Trinajstić information content (AvgIpc) is 2.69. The number of hydrogen-bond donors (Lipinski definition) is 1. The predicted molar refractivity (Wildman–Crippen MR) is 113 cm³/mol. The molecule has 2 amide bonds. The third kappa shape index (κ3) is 6.70. The molecule has 4 nitrogen and oxygen atoms in total. The van der Waals surface area contributed by atoms with E-state index in [0.717, 1.165) is 17.5 Å². The lowest BCUT2D eigenvalue weighted by atomic mass is 10.0. The maximum Gasteiger partial charge on any atom is 0.247 e. The summed E-state index contributed by atoms with van der Waals surface area (Å²) in [5.41, 5.74) is 1.53. The van der Waals surface area contributed by atoms with E-state index in [-0.39, 0.29) is 30.1 Å². The highest BCUT2D eigenvalue weighted by molar-refractivity contribution is 5.89. The number of hydrogen-bond acceptors (Lipinski definition) is 2. The normalized spacial score (nSPS) is 12.1. The van der Waals surface area contributed by atoms with E-state index in [0.29, 0.717) is 12.5 Å². The number of nitrogens with one attached hydrogen (secondary N) is 1. The van der Waals surface area contributed by atoms with Crippen molar-refractivity contribution in [2.24, 2.45) is 11.8 Å². The number of carbonyl (C=O) groups is 2. The highest BCUT2D eigenvalue weighted by atomic mass is 19.1. The first kappa shape index (κ1) is 22.6. The molecule has 0 bridgehead atoms. The van der Waals surface area contributed by atoms with Gasteiger partial charge in [-0.05, 0) is 35.6 Å². The molecule has 0 unspecified atom stereocenters. The van der Waals surface area contributed by atoms with Crippen LogP contribution in [-0.4, -0.2) is 23.3 Å². The van der Waals surface area contributed by atoms with Crippen LogP contribution in [0, 0.1) is 17.7 Å². The molecule has 29 heavy (non-hydrogen) atoms. The van der Waals surface area contributed by atoms with Crippen LogP contribution in [0.1, 0.15) is 51.3 Å². The van der Waals surface area contributed by atoms with E-state index in [1.54, 1.807) is 17.0 Å². The highest BCUT2D eigenvalue weighted by Crippen LogP contribution is 2.25.